The first-order valence-corrected chi connectivity index (χ1v) is 5.88. The molecule has 0 saturated heterocycles. The van der Waals surface area contributed by atoms with E-state index in [0.29, 0.717) is 5.75 Å². The van der Waals surface area contributed by atoms with Gasteiger partial charge in [0, 0.05) is 5.69 Å². The number of hydrogen-bond donors (Lipinski definition) is 0. The number of imidazole rings is 1. The van der Waals surface area contributed by atoms with Crippen molar-refractivity contribution in [2.45, 2.75) is 20.4 Å². The molecule has 4 nitrogen and oxygen atoms in total. The van der Waals surface area contributed by atoms with Crippen molar-refractivity contribution in [3.05, 3.63) is 47.3 Å². The van der Waals surface area contributed by atoms with Crippen LogP contribution in [-0.4, -0.2) is 22.4 Å². The number of nitrogens with zero attached hydrogens (tertiary/aromatic N) is 2. The highest BCUT2D eigenvalue weighted by Gasteiger charge is 2.15. The largest absolute Gasteiger partial charge is 0.496 e. The van der Waals surface area contributed by atoms with Crippen molar-refractivity contribution in [1.29, 1.82) is 0 Å². The second kappa shape index (κ2) is 5.22. The van der Waals surface area contributed by atoms with Crippen LogP contribution in [0.1, 0.15) is 21.7 Å². The lowest BCUT2D eigenvalue weighted by Gasteiger charge is -2.09. The van der Waals surface area contributed by atoms with Gasteiger partial charge in [-0.2, -0.15) is 0 Å². The van der Waals surface area contributed by atoms with E-state index in [2.05, 4.69) is 4.98 Å². The Labute approximate surface area is 110 Å². The van der Waals surface area contributed by atoms with Gasteiger partial charge in [-0.3, -0.25) is 4.79 Å². The van der Waals surface area contributed by atoms with E-state index in [-0.39, 0.29) is 17.9 Å². The van der Waals surface area contributed by atoms with Gasteiger partial charge >= 0.3 is 0 Å². The van der Waals surface area contributed by atoms with Crippen molar-refractivity contribution in [1.82, 2.24) is 9.55 Å². The summed E-state index contributed by atoms with van der Waals surface area (Å²) in [4.78, 5) is 16.3. The van der Waals surface area contributed by atoms with E-state index in [4.69, 9.17) is 4.74 Å². The zero-order valence-corrected chi connectivity index (χ0v) is 11.1. The van der Waals surface area contributed by atoms with Gasteiger partial charge in [-0.25, -0.2) is 9.37 Å². The smallest absolute Gasteiger partial charge is 0.186 e. The van der Waals surface area contributed by atoms with Crippen LogP contribution in [0.25, 0.3) is 0 Å². The third kappa shape index (κ3) is 2.65. The van der Waals surface area contributed by atoms with Crippen LogP contribution in [-0.2, 0) is 6.54 Å². The number of ether oxygens (including phenoxy) is 1. The number of methoxy groups -OCH3 is 1. The van der Waals surface area contributed by atoms with Crippen molar-refractivity contribution in [3.63, 3.8) is 0 Å². The molecule has 0 radical (unpaired) electrons. The molecule has 0 spiro atoms. The minimum atomic E-state index is -0.456. The van der Waals surface area contributed by atoms with Crippen LogP contribution in [0.5, 0.6) is 5.75 Å². The summed E-state index contributed by atoms with van der Waals surface area (Å²) in [5.41, 5.74) is 2.04. The topological polar surface area (TPSA) is 44.1 Å². The molecule has 1 heterocycles. The number of ketones is 1. The Kier molecular flexibility index (Phi) is 3.64. The second-order valence-electron chi connectivity index (χ2n) is 4.31. The summed E-state index contributed by atoms with van der Waals surface area (Å²) < 4.78 is 20.1. The summed E-state index contributed by atoms with van der Waals surface area (Å²) in [6, 6.07) is 3.91. The monoisotopic (exact) mass is 262 g/mol. The molecule has 5 heteroatoms. The number of hydrogen-bond acceptors (Lipinski definition) is 3. The Hall–Kier alpha value is -2.17. The van der Waals surface area contributed by atoms with E-state index in [1.54, 1.807) is 10.9 Å². The fourth-order valence-corrected chi connectivity index (χ4v) is 1.84. The number of rotatable bonds is 4. The van der Waals surface area contributed by atoms with Crippen LogP contribution in [0.3, 0.4) is 0 Å². The summed E-state index contributed by atoms with van der Waals surface area (Å²) >= 11 is 0. The van der Waals surface area contributed by atoms with Crippen molar-refractivity contribution < 1.29 is 13.9 Å². The maximum atomic E-state index is 13.2. The SMILES string of the molecule is COc1ccc(F)cc1C(=O)Cn1cnc(C)c1C. The molecule has 0 N–H and O–H groups in total. The maximum Gasteiger partial charge on any atom is 0.186 e. The molecule has 0 aliphatic carbocycles. The molecule has 0 unspecified atom stereocenters. The van der Waals surface area contributed by atoms with E-state index in [1.807, 2.05) is 13.8 Å². The normalized spacial score (nSPS) is 10.5. The Balaban J connectivity index is 2.30. The minimum Gasteiger partial charge on any atom is -0.496 e. The Morgan fingerprint density at radius 2 is 2.16 bits per heavy atom. The molecule has 2 aromatic rings. The van der Waals surface area contributed by atoms with E-state index < -0.39 is 5.82 Å². The third-order valence-corrected chi connectivity index (χ3v) is 3.12. The van der Waals surface area contributed by atoms with Gasteiger partial charge in [0.2, 0.25) is 0 Å². The van der Waals surface area contributed by atoms with Crippen LogP contribution in [0.4, 0.5) is 4.39 Å². The first kappa shape index (κ1) is 13.3. The van der Waals surface area contributed by atoms with Crippen LogP contribution in [0.2, 0.25) is 0 Å². The highest BCUT2D eigenvalue weighted by Crippen LogP contribution is 2.20. The van der Waals surface area contributed by atoms with Gasteiger partial charge in [0.25, 0.3) is 0 Å². The lowest BCUT2D eigenvalue weighted by atomic mass is 10.1. The molecule has 19 heavy (non-hydrogen) atoms. The molecule has 0 atom stereocenters. The Morgan fingerprint density at radius 1 is 1.42 bits per heavy atom. The summed E-state index contributed by atoms with van der Waals surface area (Å²) in [7, 11) is 1.45. The van der Waals surface area contributed by atoms with Crippen LogP contribution in [0, 0.1) is 19.7 Å². The first-order valence-electron chi connectivity index (χ1n) is 5.88. The zero-order chi connectivity index (χ0) is 14.0. The number of aromatic nitrogens is 2. The van der Waals surface area contributed by atoms with E-state index in [1.165, 1.54) is 25.3 Å². The molecule has 0 aliphatic rings. The number of benzene rings is 1. The number of carbonyl (C=O) groups excluding carboxylic acids is 1. The molecule has 1 aromatic heterocycles. The van der Waals surface area contributed by atoms with Gasteiger partial charge < -0.3 is 9.30 Å². The number of aryl methyl sites for hydroxylation is 1. The van der Waals surface area contributed by atoms with Crippen molar-refractivity contribution in [2.75, 3.05) is 7.11 Å². The second-order valence-corrected chi connectivity index (χ2v) is 4.31. The van der Waals surface area contributed by atoms with Gasteiger partial charge in [0.05, 0.1) is 31.2 Å². The van der Waals surface area contributed by atoms with Crippen LogP contribution < -0.4 is 4.74 Å². The lowest BCUT2D eigenvalue weighted by molar-refractivity contribution is 0.0968. The first-order chi connectivity index (χ1) is 9.02. The Bertz CT molecular complexity index is 620. The summed E-state index contributed by atoms with van der Waals surface area (Å²) in [6.07, 6.45) is 1.61. The molecule has 1 aromatic carbocycles. The maximum absolute atomic E-state index is 13.2. The summed E-state index contributed by atoms with van der Waals surface area (Å²) in [6.45, 7) is 3.88. The number of Topliss-reactive ketones (excluding diaryl/α,β-unsaturated/α-hetero) is 1. The summed E-state index contributed by atoms with van der Waals surface area (Å²) in [5, 5.41) is 0. The molecular weight excluding hydrogens is 247 g/mol. The molecule has 2 rings (SSSR count). The van der Waals surface area contributed by atoms with Crippen LogP contribution in [0.15, 0.2) is 24.5 Å². The van der Waals surface area contributed by atoms with Gasteiger partial charge in [-0.05, 0) is 32.0 Å². The molecule has 0 fully saturated rings. The molecular formula is C14H15FN2O2. The van der Waals surface area contributed by atoms with Crippen molar-refractivity contribution in [2.24, 2.45) is 0 Å². The predicted molar refractivity (Wildman–Crippen MR) is 69.0 cm³/mol. The standard InChI is InChI=1S/C14H15FN2O2/c1-9-10(2)17(8-16-9)7-13(18)12-6-11(15)4-5-14(12)19-3/h4-6,8H,7H2,1-3H3. The minimum absolute atomic E-state index is 0.118. The molecule has 0 bridgehead atoms. The fourth-order valence-electron chi connectivity index (χ4n) is 1.84. The van der Waals surface area contributed by atoms with E-state index in [9.17, 15) is 9.18 Å². The molecule has 0 aliphatic heterocycles. The average molecular weight is 262 g/mol. The number of halogens is 1. The van der Waals surface area contributed by atoms with Gasteiger partial charge in [-0.1, -0.05) is 0 Å². The average Bonchev–Trinajstić information content (AvgIpc) is 2.70. The Morgan fingerprint density at radius 3 is 2.74 bits per heavy atom. The fraction of sp³-hybridized carbons (Fsp3) is 0.286. The van der Waals surface area contributed by atoms with Gasteiger partial charge in [0.15, 0.2) is 5.78 Å². The van der Waals surface area contributed by atoms with Crippen molar-refractivity contribution in [3.8, 4) is 5.75 Å². The van der Waals surface area contributed by atoms with Gasteiger partial charge in [-0.15, -0.1) is 0 Å². The quantitative estimate of drug-likeness (QED) is 0.795. The molecule has 0 amide bonds. The highest BCUT2D eigenvalue weighted by atomic mass is 19.1. The highest BCUT2D eigenvalue weighted by molar-refractivity contribution is 5.98. The van der Waals surface area contributed by atoms with E-state index in [0.717, 1.165) is 11.4 Å². The molecule has 100 valence electrons. The van der Waals surface area contributed by atoms with Crippen molar-refractivity contribution >= 4 is 5.78 Å². The third-order valence-electron chi connectivity index (χ3n) is 3.12. The molecule has 0 saturated carbocycles. The van der Waals surface area contributed by atoms with E-state index >= 15 is 0 Å². The number of carbonyl (C=O) groups is 1. The lowest BCUT2D eigenvalue weighted by Crippen LogP contribution is -2.12. The van der Waals surface area contributed by atoms with Crippen LogP contribution >= 0.6 is 0 Å². The van der Waals surface area contributed by atoms with Gasteiger partial charge in [0.1, 0.15) is 11.6 Å². The summed E-state index contributed by atoms with van der Waals surface area (Å²) in [5.74, 6) is -0.291. The predicted octanol–water partition coefficient (Wildman–Crippen LogP) is 2.53. The zero-order valence-electron chi connectivity index (χ0n) is 11.1.